The number of nitrogens with zero attached hydrogens (tertiary/aromatic N) is 4. The number of halogens is 1. The monoisotopic (exact) mass is 494 g/mol. The summed E-state index contributed by atoms with van der Waals surface area (Å²) in [7, 11) is 1.60. The van der Waals surface area contributed by atoms with Crippen LogP contribution in [0.5, 0.6) is 0 Å². The van der Waals surface area contributed by atoms with Crippen molar-refractivity contribution in [2.75, 3.05) is 11.1 Å². The lowest BCUT2D eigenvalue weighted by atomic mass is 10.1. The maximum absolute atomic E-state index is 13.1. The molecule has 0 spiro atoms. The van der Waals surface area contributed by atoms with Crippen LogP contribution < -0.4 is 16.2 Å². The molecule has 4 aromatic rings. The molecule has 1 fully saturated rings. The van der Waals surface area contributed by atoms with Gasteiger partial charge in [0, 0.05) is 24.3 Å². The molecule has 180 valence electrons. The summed E-state index contributed by atoms with van der Waals surface area (Å²) in [4.78, 5) is 38.2. The molecular formula is C24H23FN6O3S. The molecule has 9 nitrogen and oxygen atoms in total. The molecule has 11 heteroatoms. The summed E-state index contributed by atoms with van der Waals surface area (Å²) in [6.45, 7) is 0. The van der Waals surface area contributed by atoms with E-state index >= 15 is 0 Å². The van der Waals surface area contributed by atoms with Gasteiger partial charge in [0.05, 0.1) is 16.7 Å². The number of thioether (sulfide) groups is 1. The van der Waals surface area contributed by atoms with Gasteiger partial charge in [-0.05, 0) is 55.3 Å². The summed E-state index contributed by atoms with van der Waals surface area (Å²) in [6.07, 6.45) is 4.15. The van der Waals surface area contributed by atoms with E-state index in [0.29, 0.717) is 33.1 Å². The van der Waals surface area contributed by atoms with Gasteiger partial charge in [-0.25, -0.2) is 4.39 Å². The third-order valence-electron chi connectivity index (χ3n) is 6.10. The van der Waals surface area contributed by atoms with Crippen LogP contribution in [-0.4, -0.2) is 42.8 Å². The highest BCUT2D eigenvalue weighted by molar-refractivity contribution is 7.99. The second kappa shape index (κ2) is 9.49. The zero-order valence-corrected chi connectivity index (χ0v) is 19.8. The highest BCUT2D eigenvalue weighted by Gasteiger charge is 2.20. The maximum atomic E-state index is 13.1. The first-order valence-corrected chi connectivity index (χ1v) is 12.3. The Hall–Kier alpha value is -3.73. The van der Waals surface area contributed by atoms with Crippen LogP contribution in [0.3, 0.4) is 0 Å². The number of carbonyl (C=O) groups excluding carboxylic acids is 2. The van der Waals surface area contributed by atoms with E-state index < -0.39 is 0 Å². The van der Waals surface area contributed by atoms with E-state index in [-0.39, 0.29) is 35.0 Å². The van der Waals surface area contributed by atoms with Crippen LogP contribution in [0.2, 0.25) is 0 Å². The summed E-state index contributed by atoms with van der Waals surface area (Å²) in [5, 5.41) is 14.9. The fraction of sp³-hybridized carbons (Fsp3) is 0.292. The van der Waals surface area contributed by atoms with Crippen molar-refractivity contribution in [3.63, 3.8) is 0 Å². The molecule has 1 aliphatic carbocycles. The van der Waals surface area contributed by atoms with Crippen LogP contribution in [0.25, 0.3) is 16.7 Å². The molecule has 0 saturated heterocycles. The van der Waals surface area contributed by atoms with Gasteiger partial charge in [0.1, 0.15) is 5.82 Å². The zero-order valence-electron chi connectivity index (χ0n) is 19.0. The van der Waals surface area contributed by atoms with Gasteiger partial charge in [0.2, 0.25) is 11.7 Å². The van der Waals surface area contributed by atoms with Crippen molar-refractivity contribution in [3.8, 4) is 0 Å². The summed E-state index contributed by atoms with van der Waals surface area (Å²) in [5.41, 5.74) is 1.16. The number of rotatable bonds is 6. The number of nitrogens with one attached hydrogen (secondary N) is 2. The Labute approximate surface area is 203 Å². The van der Waals surface area contributed by atoms with Crippen LogP contribution >= 0.6 is 11.8 Å². The Morgan fingerprint density at radius 1 is 1.11 bits per heavy atom. The lowest BCUT2D eigenvalue weighted by Gasteiger charge is -2.13. The second-order valence-electron chi connectivity index (χ2n) is 8.51. The number of aromatic nitrogens is 4. The van der Waals surface area contributed by atoms with Gasteiger partial charge >= 0.3 is 0 Å². The van der Waals surface area contributed by atoms with Gasteiger partial charge in [-0.2, -0.15) is 0 Å². The van der Waals surface area contributed by atoms with Gasteiger partial charge in [-0.3, -0.25) is 23.4 Å². The number of aryl methyl sites for hydroxylation is 1. The lowest BCUT2D eigenvalue weighted by Crippen LogP contribution is -2.32. The molecule has 0 atom stereocenters. The first-order valence-electron chi connectivity index (χ1n) is 11.3. The molecule has 5 rings (SSSR count). The molecule has 2 aromatic carbocycles. The van der Waals surface area contributed by atoms with Crippen molar-refractivity contribution >= 4 is 45.9 Å². The smallest absolute Gasteiger partial charge is 0.262 e. The summed E-state index contributed by atoms with van der Waals surface area (Å²) >= 11 is 1.14. The number of carbonyl (C=O) groups is 2. The average molecular weight is 495 g/mol. The Kier molecular flexibility index (Phi) is 6.25. The zero-order chi connectivity index (χ0) is 24.5. The molecule has 0 bridgehead atoms. The Morgan fingerprint density at radius 2 is 1.86 bits per heavy atom. The molecule has 2 N–H and O–H groups in total. The van der Waals surface area contributed by atoms with E-state index in [1.165, 1.54) is 28.8 Å². The highest BCUT2D eigenvalue weighted by Crippen LogP contribution is 2.23. The molecule has 2 heterocycles. The molecule has 0 radical (unpaired) electrons. The largest absolute Gasteiger partial charge is 0.349 e. The molecule has 1 saturated carbocycles. The van der Waals surface area contributed by atoms with Crippen LogP contribution in [0, 0.1) is 5.82 Å². The van der Waals surface area contributed by atoms with Crippen LogP contribution in [0.15, 0.2) is 52.4 Å². The number of hydrogen-bond donors (Lipinski definition) is 2. The van der Waals surface area contributed by atoms with E-state index in [9.17, 15) is 18.8 Å². The SMILES string of the molecule is Cn1c(=O)c2ccc(C(=O)NC3CCCC3)cc2n2c(SCC(=O)Nc3ccc(F)cc3)nnc12. The first-order chi connectivity index (χ1) is 16.9. The van der Waals surface area contributed by atoms with Crippen molar-refractivity contribution in [2.45, 2.75) is 36.9 Å². The molecule has 35 heavy (non-hydrogen) atoms. The van der Waals surface area contributed by atoms with Crippen molar-refractivity contribution < 1.29 is 14.0 Å². The highest BCUT2D eigenvalue weighted by atomic mass is 32.2. The third kappa shape index (κ3) is 4.63. The first kappa shape index (κ1) is 23.0. The van der Waals surface area contributed by atoms with Gasteiger partial charge in [-0.1, -0.05) is 24.6 Å². The van der Waals surface area contributed by atoms with Gasteiger partial charge < -0.3 is 10.6 Å². The van der Waals surface area contributed by atoms with E-state index in [0.717, 1.165) is 37.4 Å². The number of anilines is 1. The number of amides is 2. The number of hydrogen-bond acceptors (Lipinski definition) is 6. The van der Waals surface area contributed by atoms with E-state index in [1.54, 1.807) is 29.6 Å². The molecule has 2 amide bonds. The minimum Gasteiger partial charge on any atom is -0.349 e. The van der Waals surface area contributed by atoms with E-state index in [4.69, 9.17) is 0 Å². The predicted octanol–water partition coefficient (Wildman–Crippen LogP) is 3.12. The van der Waals surface area contributed by atoms with E-state index in [2.05, 4.69) is 20.8 Å². The second-order valence-corrected chi connectivity index (χ2v) is 9.46. The van der Waals surface area contributed by atoms with E-state index in [1.807, 2.05) is 0 Å². The molecular weight excluding hydrogens is 471 g/mol. The Balaban J connectivity index is 1.45. The van der Waals surface area contributed by atoms with Crippen molar-refractivity contribution in [2.24, 2.45) is 7.05 Å². The molecule has 0 unspecified atom stereocenters. The van der Waals surface area contributed by atoms with Crippen LogP contribution in [-0.2, 0) is 11.8 Å². The summed E-state index contributed by atoms with van der Waals surface area (Å²) < 4.78 is 16.2. The van der Waals surface area contributed by atoms with Gasteiger partial charge in [0.25, 0.3) is 11.5 Å². The van der Waals surface area contributed by atoms with Gasteiger partial charge in [-0.15, -0.1) is 10.2 Å². The molecule has 0 aliphatic heterocycles. The normalized spacial score (nSPS) is 14.0. The Bertz CT molecular complexity index is 1490. The molecule has 2 aromatic heterocycles. The number of fused-ring (bicyclic) bond motifs is 3. The predicted molar refractivity (Wildman–Crippen MR) is 131 cm³/mol. The summed E-state index contributed by atoms with van der Waals surface area (Å²) in [5.74, 6) is -0.555. The van der Waals surface area contributed by atoms with Gasteiger partial charge in [0.15, 0.2) is 5.16 Å². The third-order valence-corrected chi connectivity index (χ3v) is 7.03. The fourth-order valence-electron chi connectivity index (χ4n) is 4.29. The standard InChI is InChI=1S/C24H23FN6O3S/c1-30-22(34)18-11-6-14(21(33)27-16-4-2-3-5-16)12-19(18)31-23(30)28-29-24(31)35-13-20(32)26-17-9-7-15(25)8-10-17/h6-12,16H,2-5,13H2,1H3,(H,26,32)(H,27,33). The minimum atomic E-state index is -0.388. The average Bonchev–Trinajstić information content (AvgIpc) is 3.52. The summed E-state index contributed by atoms with van der Waals surface area (Å²) in [6, 6.07) is 10.6. The Morgan fingerprint density at radius 3 is 2.60 bits per heavy atom. The van der Waals surface area contributed by atoms with Crippen LogP contribution in [0.1, 0.15) is 36.0 Å². The lowest BCUT2D eigenvalue weighted by molar-refractivity contribution is -0.113. The molecule has 1 aliphatic rings. The van der Waals surface area contributed by atoms with Crippen molar-refractivity contribution in [1.29, 1.82) is 0 Å². The topological polar surface area (TPSA) is 110 Å². The van der Waals surface area contributed by atoms with Crippen molar-refractivity contribution in [3.05, 3.63) is 64.2 Å². The number of benzene rings is 2. The quantitative estimate of drug-likeness (QED) is 0.399. The minimum absolute atomic E-state index is 0.0182. The maximum Gasteiger partial charge on any atom is 0.262 e. The van der Waals surface area contributed by atoms with Crippen molar-refractivity contribution in [1.82, 2.24) is 24.5 Å². The van der Waals surface area contributed by atoms with Crippen LogP contribution in [0.4, 0.5) is 10.1 Å². The fourth-order valence-corrected chi connectivity index (χ4v) is 5.03.